The zero-order chi connectivity index (χ0) is 21.6. The Hall–Kier alpha value is -2.68. The smallest absolute Gasteiger partial charge is 0.222 e. The normalized spacial score (nSPS) is 12.6. The Morgan fingerprint density at radius 3 is 2.31 bits per heavy atom. The van der Waals surface area contributed by atoms with Crippen LogP contribution < -0.4 is 10.6 Å². The number of amides is 2. The van der Waals surface area contributed by atoms with Crippen LogP contribution in [0.5, 0.6) is 0 Å². The third kappa shape index (κ3) is 7.34. The lowest BCUT2D eigenvalue weighted by Crippen LogP contribution is -2.39. The fraction of sp³-hybridized carbons (Fsp3) is 0.450. The lowest BCUT2D eigenvalue weighted by Gasteiger charge is -2.14. The van der Waals surface area contributed by atoms with Crippen molar-refractivity contribution in [1.82, 2.24) is 15.6 Å². The monoisotopic (exact) mass is 421 g/mol. The van der Waals surface area contributed by atoms with Gasteiger partial charge in [-0.3, -0.25) is 9.59 Å². The van der Waals surface area contributed by atoms with Crippen LogP contribution in [0, 0.1) is 0 Å². The van der Waals surface area contributed by atoms with Gasteiger partial charge in [-0.25, -0.2) is 13.4 Å². The van der Waals surface area contributed by atoms with Crippen molar-refractivity contribution in [1.29, 1.82) is 0 Å². The number of aryl methyl sites for hydroxylation is 1. The number of benzene rings is 1. The Morgan fingerprint density at radius 1 is 1.07 bits per heavy atom. The van der Waals surface area contributed by atoms with E-state index in [1.54, 1.807) is 25.3 Å². The van der Waals surface area contributed by atoms with E-state index in [0.717, 1.165) is 6.26 Å². The first-order valence-corrected chi connectivity index (χ1v) is 11.3. The van der Waals surface area contributed by atoms with Crippen molar-refractivity contribution < 1.29 is 22.4 Å². The fourth-order valence-electron chi connectivity index (χ4n) is 2.70. The van der Waals surface area contributed by atoms with Crippen LogP contribution in [-0.4, -0.2) is 43.6 Å². The minimum absolute atomic E-state index is 0.0622. The predicted octanol–water partition coefficient (Wildman–Crippen LogP) is 2.10. The zero-order valence-corrected chi connectivity index (χ0v) is 17.9. The van der Waals surface area contributed by atoms with E-state index in [2.05, 4.69) is 15.6 Å². The first-order chi connectivity index (χ1) is 13.5. The molecule has 0 saturated heterocycles. The van der Waals surface area contributed by atoms with Gasteiger partial charge in [-0.1, -0.05) is 0 Å². The molecule has 1 heterocycles. The number of rotatable bonds is 9. The minimum Gasteiger partial charge on any atom is -0.441 e. The number of nitrogens with zero attached hydrogens (tertiary/aromatic N) is 1. The van der Waals surface area contributed by atoms with Crippen LogP contribution in [-0.2, 0) is 25.8 Å². The highest BCUT2D eigenvalue weighted by atomic mass is 32.2. The van der Waals surface area contributed by atoms with E-state index in [1.807, 2.05) is 13.8 Å². The first-order valence-electron chi connectivity index (χ1n) is 9.38. The summed E-state index contributed by atoms with van der Waals surface area (Å²) in [5.41, 5.74) is 0.699. The molecule has 8 nitrogen and oxygen atoms in total. The summed E-state index contributed by atoms with van der Waals surface area (Å²) in [5.74, 6) is 0.617. The highest BCUT2D eigenvalue weighted by molar-refractivity contribution is 7.90. The van der Waals surface area contributed by atoms with Gasteiger partial charge in [-0.05, 0) is 45.0 Å². The third-order valence-electron chi connectivity index (χ3n) is 4.04. The Balaban J connectivity index is 1.85. The molecule has 0 spiro atoms. The topological polar surface area (TPSA) is 118 Å². The molecule has 2 N–H and O–H groups in total. The quantitative estimate of drug-likeness (QED) is 0.640. The molecule has 0 saturated carbocycles. The maximum Gasteiger partial charge on any atom is 0.222 e. The van der Waals surface area contributed by atoms with E-state index >= 15 is 0 Å². The number of carbonyl (C=O) groups is 2. The van der Waals surface area contributed by atoms with Crippen LogP contribution in [0.3, 0.4) is 0 Å². The van der Waals surface area contributed by atoms with Crippen molar-refractivity contribution in [3.8, 4) is 11.3 Å². The number of hydrogen-bond donors (Lipinski definition) is 2. The maximum absolute atomic E-state index is 12.1. The molecule has 9 heteroatoms. The summed E-state index contributed by atoms with van der Waals surface area (Å²) in [6, 6.07) is 6.12. The van der Waals surface area contributed by atoms with Gasteiger partial charge in [0.2, 0.25) is 11.8 Å². The molecular formula is C20H27N3O5S. The van der Waals surface area contributed by atoms with E-state index in [9.17, 15) is 18.0 Å². The van der Waals surface area contributed by atoms with E-state index < -0.39 is 9.84 Å². The molecule has 1 aromatic carbocycles. The Kier molecular flexibility index (Phi) is 7.55. The minimum atomic E-state index is -3.25. The fourth-order valence-corrected chi connectivity index (χ4v) is 3.33. The van der Waals surface area contributed by atoms with Gasteiger partial charge in [0, 0.05) is 43.2 Å². The van der Waals surface area contributed by atoms with Crippen molar-refractivity contribution in [2.24, 2.45) is 0 Å². The van der Waals surface area contributed by atoms with E-state index in [0.29, 0.717) is 23.6 Å². The molecule has 0 aliphatic heterocycles. The van der Waals surface area contributed by atoms with Crippen molar-refractivity contribution in [2.45, 2.75) is 57.0 Å². The second-order valence-corrected chi connectivity index (χ2v) is 9.33. The number of nitrogens with one attached hydrogen (secondary N) is 2. The van der Waals surface area contributed by atoms with Gasteiger partial charge < -0.3 is 15.1 Å². The molecule has 2 rings (SSSR count). The predicted molar refractivity (Wildman–Crippen MR) is 109 cm³/mol. The Bertz CT molecular complexity index is 949. The molecule has 0 radical (unpaired) electrons. The van der Waals surface area contributed by atoms with Crippen LogP contribution in [0.1, 0.15) is 39.5 Å². The third-order valence-corrected chi connectivity index (χ3v) is 5.16. The average molecular weight is 422 g/mol. The number of oxazole rings is 1. The second kappa shape index (κ2) is 9.69. The molecule has 2 aromatic rings. The molecule has 0 bridgehead atoms. The lowest BCUT2D eigenvalue weighted by atomic mass is 10.2. The van der Waals surface area contributed by atoms with E-state index in [1.165, 1.54) is 12.1 Å². The van der Waals surface area contributed by atoms with Gasteiger partial charge in [-0.15, -0.1) is 0 Å². The van der Waals surface area contributed by atoms with Gasteiger partial charge in [0.15, 0.2) is 21.5 Å². The van der Waals surface area contributed by atoms with Crippen molar-refractivity contribution in [2.75, 3.05) is 6.26 Å². The molecule has 2 amide bonds. The van der Waals surface area contributed by atoms with Crippen LogP contribution in [0.2, 0.25) is 0 Å². The average Bonchev–Trinajstić information content (AvgIpc) is 3.07. The summed E-state index contributed by atoms with van der Waals surface area (Å²) < 4.78 is 28.7. The number of aromatic nitrogens is 1. The maximum atomic E-state index is 12.1. The Morgan fingerprint density at radius 2 is 1.72 bits per heavy atom. The molecule has 1 aromatic heterocycles. The van der Waals surface area contributed by atoms with Gasteiger partial charge in [-0.2, -0.15) is 0 Å². The number of carbonyl (C=O) groups excluding carboxylic acids is 2. The Labute approximate surface area is 171 Å². The highest BCUT2D eigenvalue weighted by Crippen LogP contribution is 2.22. The summed E-state index contributed by atoms with van der Waals surface area (Å²) in [7, 11) is -3.25. The molecule has 1 atom stereocenters. The standard InChI is InChI=1S/C20H27N3O5S/c1-13(2)22-19(25)11-14(3)23-18(24)9-10-20-21-12-17(28-20)15-5-7-16(8-6-15)29(4,26)27/h5-8,12-14H,9-11H2,1-4H3,(H,22,25)(H,23,24)/t14-/m1/s1. The summed E-state index contributed by atoms with van der Waals surface area (Å²) >= 11 is 0. The molecule has 29 heavy (non-hydrogen) atoms. The molecule has 0 aliphatic carbocycles. The lowest BCUT2D eigenvalue weighted by molar-refractivity contribution is -0.123. The summed E-state index contributed by atoms with van der Waals surface area (Å²) in [6.45, 7) is 5.54. The van der Waals surface area contributed by atoms with Gasteiger partial charge >= 0.3 is 0 Å². The van der Waals surface area contributed by atoms with Crippen LogP contribution in [0.15, 0.2) is 39.8 Å². The largest absolute Gasteiger partial charge is 0.441 e. The summed E-state index contributed by atoms with van der Waals surface area (Å²) in [5, 5.41) is 5.57. The van der Waals surface area contributed by atoms with Crippen molar-refractivity contribution in [3.05, 3.63) is 36.4 Å². The molecule has 0 unspecified atom stereocenters. The van der Waals surface area contributed by atoms with E-state index in [-0.39, 0.29) is 41.6 Å². The van der Waals surface area contributed by atoms with Crippen molar-refractivity contribution in [3.63, 3.8) is 0 Å². The summed E-state index contributed by atoms with van der Waals surface area (Å²) in [4.78, 5) is 28.2. The van der Waals surface area contributed by atoms with E-state index in [4.69, 9.17) is 4.42 Å². The SMILES string of the molecule is CC(C)NC(=O)C[C@@H](C)NC(=O)CCc1ncc(-c2ccc(S(C)(=O)=O)cc2)o1. The van der Waals surface area contributed by atoms with Crippen LogP contribution in [0.4, 0.5) is 0 Å². The number of hydrogen-bond acceptors (Lipinski definition) is 6. The van der Waals surface area contributed by atoms with Gasteiger partial charge in [0.1, 0.15) is 0 Å². The number of sulfone groups is 1. The highest BCUT2D eigenvalue weighted by Gasteiger charge is 2.14. The molecule has 0 fully saturated rings. The van der Waals surface area contributed by atoms with Gasteiger partial charge in [0.05, 0.1) is 11.1 Å². The van der Waals surface area contributed by atoms with Crippen molar-refractivity contribution >= 4 is 21.7 Å². The molecular weight excluding hydrogens is 394 g/mol. The second-order valence-electron chi connectivity index (χ2n) is 7.31. The van der Waals surface area contributed by atoms with Crippen LogP contribution in [0.25, 0.3) is 11.3 Å². The van der Waals surface area contributed by atoms with Crippen LogP contribution >= 0.6 is 0 Å². The molecule has 0 aliphatic rings. The first kappa shape index (κ1) is 22.6. The van der Waals surface area contributed by atoms with Gasteiger partial charge in [0.25, 0.3) is 0 Å². The summed E-state index contributed by atoms with van der Waals surface area (Å²) in [6.07, 6.45) is 3.41. The zero-order valence-electron chi connectivity index (χ0n) is 17.1. The molecule has 158 valence electrons.